The van der Waals surface area contributed by atoms with Gasteiger partial charge in [-0.3, -0.25) is 4.98 Å². The molecule has 4 heterocycles. The van der Waals surface area contributed by atoms with Crippen LogP contribution in [0.3, 0.4) is 0 Å². The molecule has 1 aromatic carbocycles. The largest absolute Gasteiger partial charge is 0.381 e. The van der Waals surface area contributed by atoms with Crippen LogP contribution in [0.4, 0.5) is 24.5 Å². The molecule has 3 aliphatic rings. The van der Waals surface area contributed by atoms with Gasteiger partial charge in [-0.05, 0) is 79.8 Å². The average Bonchev–Trinajstić information content (AvgIpc) is 3.53. The molecule has 0 bridgehead atoms. The Bertz CT molecular complexity index is 1260. The molecule has 2 atom stereocenters. The molecule has 2 saturated heterocycles. The lowest BCUT2D eigenvalue weighted by Gasteiger charge is -2.37. The summed E-state index contributed by atoms with van der Waals surface area (Å²) in [5.41, 5.74) is 8.35. The van der Waals surface area contributed by atoms with Crippen molar-refractivity contribution in [1.29, 1.82) is 0 Å². The average molecular weight is 584 g/mol. The molecule has 9 heteroatoms. The van der Waals surface area contributed by atoms with Crippen LogP contribution >= 0.6 is 0 Å². The monoisotopic (exact) mass is 583 g/mol. The number of halogens is 3. The first kappa shape index (κ1) is 31.8. The molecule has 1 aliphatic carbocycles. The second kappa shape index (κ2) is 15.3. The molecule has 6 nitrogen and oxygen atoms in total. The van der Waals surface area contributed by atoms with Crippen molar-refractivity contribution in [2.24, 2.45) is 11.7 Å². The number of anilines is 2. The van der Waals surface area contributed by atoms with Gasteiger partial charge in [0.2, 0.25) is 0 Å². The molecule has 0 amide bonds. The highest BCUT2D eigenvalue weighted by atomic mass is 19.1. The van der Waals surface area contributed by atoms with E-state index in [0.717, 1.165) is 63.4 Å². The van der Waals surface area contributed by atoms with Gasteiger partial charge in [0, 0.05) is 38.5 Å². The van der Waals surface area contributed by atoms with E-state index in [1.165, 1.54) is 37.1 Å². The Morgan fingerprint density at radius 3 is 2.29 bits per heavy atom. The van der Waals surface area contributed by atoms with Crippen molar-refractivity contribution in [3.63, 3.8) is 0 Å². The number of nitrogens with one attached hydrogen (secondary N) is 1. The maximum absolute atomic E-state index is 14.9. The van der Waals surface area contributed by atoms with Gasteiger partial charge in [0.1, 0.15) is 23.1 Å². The minimum atomic E-state index is -0.784. The van der Waals surface area contributed by atoms with Gasteiger partial charge in [-0.25, -0.2) is 18.2 Å². The molecule has 0 spiro atoms. The lowest BCUT2D eigenvalue weighted by atomic mass is 9.79. The predicted molar refractivity (Wildman–Crippen MR) is 163 cm³/mol. The summed E-state index contributed by atoms with van der Waals surface area (Å²) < 4.78 is 49.4. The topological polar surface area (TPSA) is 76.3 Å². The zero-order valence-corrected chi connectivity index (χ0v) is 25.0. The fraction of sp³-hybridized carbons (Fsp3) is 0.515. The number of benzene rings is 1. The lowest BCUT2D eigenvalue weighted by Crippen LogP contribution is -2.46. The predicted octanol–water partition coefficient (Wildman–Crippen LogP) is 7.44. The van der Waals surface area contributed by atoms with Crippen LogP contribution < -0.4 is 16.0 Å². The molecular formula is C33H44F3N5O. The van der Waals surface area contributed by atoms with Crippen molar-refractivity contribution in [3.8, 4) is 11.3 Å². The summed E-state index contributed by atoms with van der Waals surface area (Å²) in [5.74, 6) is -1.68. The van der Waals surface area contributed by atoms with Crippen molar-refractivity contribution < 1.29 is 17.9 Å². The van der Waals surface area contributed by atoms with Crippen LogP contribution in [0.5, 0.6) is 0 Å². The van der Waals surface area contributed by atoms with Crippen LogP contribution in [-0.4, -0.2) is 42.3 Å². The smallest absolute Gasteiger partial charge is 0.149 e. The Kier molecular flexibility index (Phi) is 11.6. The number of pyridine rings is 2. The van der Waals surface area contributed by atoms with Gasteiger partial charge in [-0.2, -0.15) is 0 Å². The highest BCUT2D eigenvalue weighted by Gasteiger charge is 2.26. The third-order valence-corrected chi connectivity index (χ3v) is 7.90. The quantitative estimate of drug-likeness (QED) is 0.314. The Hall–Kier alpha value is -3.17. The van der Waals surface area contributed by atoms with Crippen LogP contribution in [0.2, 0.25) is 0 Å². The second-order valence-electron chi connectivity index (χ2n) is 11.2. The Labute approximate surface area is 247 Å². The van der Waals surface area contributed by atoms with E-state index in [1.807, 2.05) is 19.9 Å². The molecule has 2 aliphatic heterocycles. The van der Waals surface area contributed by atoms with Gasteiger partial charge in [0.05, 0.1) is 35.4 Å². The third kappa shape index (κ3) is 8.01. The maximum Gasteiger partial charge on any atom is 0.149 e. The lowest BCUT2D eigenvalue weighted by molar-refractivity contribution is 0.198. The molecule has 42 heavy (non-hydrogen) atoms. The summed E-state index contributed by atoms with van der Waals surface area (Å²) in [6, 6.07) is 7.39. The van der Waals surface area contributed by atoms with Gasteiger partial charge < -0.3 is 20.7 Å². The first-order valence-electron chi connectivity index (χ1n) is 15.3. The van der Waals surface area contributed by atoms with Crippen molar-refractivity contribution in [2.45, 2.75) is 77.8 Å². The molecule has 6 rings (SSSR count). The molecule has 228 valence electrons. The van der Waals surface area contributed by atoms with E-state index in [0.29, 0.717) is 17.2 Å². The summed E-state index contributed by atoms with van der Waals surface area (Å²) in [6.07, 6.45) is 9.90. The van der Waals surface area contributed by atoms with Crippen molar-refractivity contribution in [2.75, 3.05) is 36.5 Å². The van der Waals surface area contributed by atoms with Gasteiger partial charge in [0.15, 0.2) is 0 Å². The maximum atomic E-state index is 14.9. The number of hydrogen-bond acceptors (Lipinski definition) is 6. The highest BCUT2D eigenvalue weighted by molar-refractivity contribution is 5.69. The second-order valence-corrected chi connectivity index (χ2v) is 11.2. The van der Waals surface area contributed by atoms with E-state index in [4.69, 9.17) is 10.5 Å². The van der Waals surface area contributed by atoms with Gasteiger partial charge >= 0.3 is 0 Å². The van der Waals surface area contributed by atoms with Crippen LogP contribution in [0, 0.1) is 23.4 Å². The molecule has 1 saturated carbocycles. The molecule has 2 unspecified atom stereocenters. The molecule has 3 aromatic rings. The van der Waals surface area contributed by atoms with Crippen molar-refractivity contribution >= 4 is 11.4 Å². The van der Waals surface area contributed by atoms with E-state index in [-0.39, 0.29) is 24.2 Å². The Balaban J connectivity index is 0.000000516. The van der Waals surface area contributed by atoms with E-state index >= 15 is 0 Å². The number of nitrogens with two attached hydrogens (primary N) is 1. The summed E-state index contributed by atoms with van der Waals surface area (Å²) in [4.78, 5) is 10.7. The third-order valence-electron chi connectivity index (χ3n) is 7.90. The number of nitrogens with zero attached hydrogens (tertiary/aromatic N) is 3. The zero-order valence-electron chi connectivity index (χ0n) is 25.0. The van der Waals surface area contributed by atoms with Crippen LogP contribution in [0.1, 0.15) is 76.5 Å². The van der Waals surface area contributed by atoms with Crippen LogP contribution in [-0.2, 0) is 11.3 Å². The Morgan fingerprint density at radius 2 is 1.69 bits per heavy atom. The van der Waals surface area contributed by atoms with Crippen molar-refractivity contribution in [3.05, 3.63) is 71.4 Å². The Morgan fingerprint density at radius 1 is 0.976 bits per heavy atom. The van der Waals surface area contributed by atoms with Gasteiger partial charge in [-0.1, -0.05) is 27.2 Å². The highest BCUT2D eigenvalue weighted by Crippen LogP contribution is 2.39. The summed E-state index contributed by atoms with van der Waals surface area (Å²) >= 11 is 0. The first-order valence-corrected chi connectivity index (χ1v) is 15.3. The standard InChI is InChI=1S/C27H30F3N5.C4H8O.C2H6/c1-16-9-19(31)15-35(14-16)25-7-8-32-13-24(25)33-12-20-5-6-21(28)27(34-20)26-22(29)10-18(11-23(26)30)17-3-2-4-17;1-2-4-5-3-1;1-2/h5-8,10-11,13,16-17,19,33H,2-4,9,12,14-15,31H2,1H3;1-4H2;1-2H3. The SMILES string of the molecule is C1CCOC1.CC.CC1CC(N)CN(c2ccncc2NCc2ccc(F)c(-c3c(F)cc(C4CCC4)cc3F)n2)C1. The number of hydrogen-bond donors (Lipinski definition) is 2. The van der Waals surface area contributed by atoms with Crippen LogP contribution in [0.25, 0.3) is 11.3 Å². The van der Waals surface area contributed by atoms with E-state index in [1.54, 1.807) is 12.4 Å². The van der Waals surface area contributed by atoms with E-state index in [2.05, 4.69) is 27.1 Å². The summed E-state index contributed by atoms with van der Waals surface area (Å²) in [7, 11) is 0. The normalized spacial score (nSPS) is 20.1. The van der Waals surface area contributed by atoms with Crippen LogP contribution in [0.15, 0.2) is 42.7 Å². The molecule has 2 aromatic heterocycles. The number of rotatable bonds is 6. The molecule has 3 N–H and O–H groups in total. The van der Waals surface area contributed by atoms with Gasteiger partial charge in [-0.15, -0.1) is 0 Å². The van der Waals surface area contributed by atoms with Gasteiger partial charge in [0.25, 0.3) is 0 Å². The minimum absolute atomic E-state index is 0.0987. The number of ether oxygens (including phenoxy) is 1. The summed E-state index contributed by atoms with van der Waals surface area (Å²) in [6.45, 7) is 10.1. The fourth-order valence-electron chi connectivity index (χ4n) is 5.64. The summed E-state index contributed by atoms with van der Waals surface area (Å²) in [5, 5.41) is 3.31. The van der Waals surface area contributed by atoms with E-state index < -0.39 is 23.0 Å². The van der Waals surface area contributed by atoms with E-state index in [9.17, 15) is 13.2 Å². The number of aromatic nitrogens is 2. The fourth-order valence-corrected chi connectivity index (χ4v) is 5.64. The molecule has 0 radical (unpaired) electrons. The number of piperidine rings is 1. The first-order chi connectivity index (χ1) is 20.4. The molecular weight excluding hydrogens is 539 g/mol. The minimum Gasteiger partial charge on any atom is -0.381 e. The molecule has 3 fully saturated rings. The zero-order chi connectivity index (χ0) is 30.1. The van der Waals surface area contributed by atoms with Crippen molar-refractivity contribution in [1.82, 2.24) is 9.97 Å².